The van der Waals surface area contributed by atoms with Crippen molar-refractivity contribution in [3.63, 3.8) is 0 Å². The number of carbonyl (C=O) groups is 2. The molecule has 0 fully saturated rings. The number of hydrogen-bond donors (Lipinski definition) is 0. The lowest BCUT2D eigenvalue weighted by molar-refractivity contribution is -0.137. The number of amides is 1. The van der Waals surface area contributed by atoms with E-state index in [4.69, 9.17) is 0 Å². The Morgan fingerprint density at radius 3 is 2.75 bits per heavy atom. The average molecular weight is 290 g/mol. The number of carbonyl (C=O) groups excluding carboxylic acids is 2. The van der Waals surface area contributed by atoms with Crippen LogP contribution >= 0.6 is 11.8 Å². The third kappa shape index (κ3) is 3.27. The molecular weight excluding hydrogens is 276 g/mol. The molecule has 0 aliphatic carbocycles. The van der Waals surface area contributed by atoms with Crippen LogP contribution < -0.4 is 0 Å². The molecular formula is C14H14N2O3S. The van der Waals surface area contributed by atoms with Gasteiger partial charge in [0.15, 0.2) is 5.17 Å². The van der Waals surface area contributed by atoms with Gasteiger partial charge in [0.2, 0.25) is 0 Å². The van der Waals surface area contributed by atoms with Crippen LogP contribution in [0.3, 0.4) is 0 Å². The van der Waals surface area contributed by atoms with Gasteiger partial charge in [-0.25, -0.2) is 0 Å². The highest BCUT2D eigenvalue weighted by molar-refractivity contribution is 8.14. The van der Waals surface area contributed by atoms with Gasteiger partial charge in [-0.15, -0.1) is 0 Å². The second-order valence-electron chi connectivity index (χ2n) is 4.06. The van der Waals surface area contributed by atoms with Crippen LogP contribution in [-0.4, -0.2) is 41.9 Å². The summed E-state index contributed by atoms with van der Waals surface area (Å²) in [6.45, 7) is 0. The highest BCUT2D eigenvalue weighted by Crippen LogP contribution is 2.23. The van der Waals surface area contributed by atoms with Crippen molar-refractivity contribution >= 4 is 34.9 Å². The third-order valence-corrected chi connectivity index (χ3v) is 3.72. The number of amidine groups is 1. The van der Waals surface area contributed by atoms with Crippen molar-refractivity contribution in [2.45, 2.75) is 0 Å². The summed E-state index contributed by atoms with van der Waals surface area (Å²) < 4.78 is 4.56. The molecule has 1 aliphatic heterocycles. The predicted octanol–water partition coefficient (Wildman–Crippen LogP) is 1.76. The van der Waals surface area contributed by atoms with Gasteiger partial charge >= 0.3 is 5.97 Å². The number of nitrogens with zero attached hydrogens (tertiary/aromatic N) is 2. The Labute approximate surface area is 121 Å². The van der Waals surface area contributed by atoms with Crippen molar-refractivity contribution in [2.24, 2.45) is 4.99 Å². The first-order chi connectivity index (χ1) is 9.61. The Bertz CT molecular complexity index is 581. The minimum absolute atomic E-state index is 0.131. The number of esters is 1. The summed E-state index contributed by atoms with van der Waals surface area (Å²) in [6, 6.07) is 9.54. The molecule has 0 saturated carbocycles. The van der Waals surface area contributed by atoms with E-state index in [-0.39, 0.29) is 17.6 Å². The van der Waals surface area contributed by atoms with Gasteiger partial charge in [0.25, 0.3) is 5.91 Å². The second-order valence-corrected chi connectivity index (χ2v) is 5.01. The molecule has 0 N–H and O–H groups in total. The molecule has 1 aromatic carbocycles. The molecule has 5 nitrogen and oxygen atoms in total. The maximum atomic E-state index is 11.9. The largest absolute Gasteiger partial charge is 0.468 e. The van der Waals surface area contributed by atoms with Gasteiger partial charge in [-0.05, 0) is 11.6 Å². The van der Waals surface area contributed by atoms with Crippen molar-refractivity contribution < 1.29 is 14.3 Å². The molecule has 1 heterocycles. The zero-order valence-corrected chi connectivity index (χ0v) is 12.0. The molecule has 0 unspecified atom stereocenters. The lowest BCUT2D eigenvalue weighted by atomic mass is 10.2. The highest BCUT2D eigenvalue weighted by atomic mass is 32.2. The molecule has 20 heavy (non-hydrogen) atoms. The van der Waals surface area contributed by atoms with Crippen LogP contribution in [0.15, 0.2) is 41.0 Å². The van der Waals surface area contributed by atoms with E-state index in [0.29, 0.717) is 10.9 Å². The Balaban J connectivity index is 2.11. The zero-order chi connectivity index (χ0) is 14.5. The van der Waals surface area contributed by atoms with E-state index in [2.05, 4.69) is 9.73 Å². The second kappa shape index (κ2) is 6.38. The summed E-state index contributed by atoms with van der Waals surface area (Å²) in [5.74, 6) is -0.520. The summed E-state index contributed by atoms with van der Waals surface area (Å²) in [6.07, 6.45) is 1.78. The first-order valence-corrected chi connectivity index (χ1v) is 6.93. The number of likely N-dealkylation sites (N-methyl/N-ethyl adjacent to an activating group) is 1. The molecule has 1 amide bonds. The highest BCUT2D eigenvalue weighted by Gasteiger charge is 2.27. The number of aliphatic imine (C=N–C) groups is 1. The van der Waals surface area contributed by atoms with E-state index in [1.54, 1.807) is 18.0 Å². The number of hydrogen-bond acceptors (Lipinski definition) is 5. The Morgan fingerprint density at radius 1 is 1.40 bits per heavy atom. The molecule has 1 aromatic rings. The topological polar surface area (TPSA) is 59.0 Å². The summed E-state index contributed by atoms with van der Waals surface area (Å²) in [7, 11) is 3.08. The van der Waals surface area contributed by atoms with Gasteiger partial charge in [0.05, 0.1) is 12.9 Å². The van der Waals surface area contributed by atoms with Crippen LogP contribution in [0.4, 0.5) is 0 Å². The SMILES string of the molecule is COC(=O)CSC1=NC(=O)C(=Cc2ccccc2)N1C. The molecule has 104 valence electrons. The molecule has 1 aliphatic rings. The number of thioether (sulfide) groups is 1. The Kier molecular flexibility index (Phi) is 4.57. The first-order valence-electron chi connectivity index (χ1n) is 5.95. The van der Waals surface area contributed by atoms with Gasteiger partial charge in [0, 0.05) is 7.05 Å². The van der Waals surface area contributed by atoms with Crippen molar-refractivity contribution in [1.82, 2.24) is 4.90 Å². The molecule has 0 atom stereocenters. The molecule has 0 bridgehead atoms. The van der Waals surface area contributed by atoms with E-state index >= 15 is 0 Å². The zero-order valence-electron chi connectivity index (χ0n) is 11.2. The fourth-order valence-electron chi connectivity index (χ4n) is 1.64. The lowest BCUT2D eigenvalue weighted by Gasteiger charge is -2.13. The van der Waals surface area contributed by atoms with Crippen molar-refractivity contribution in [3.05, 3.63) is 41.6 Å². The fourth-order valence-corrected chi connectivity index (χ4v) is 2.45. The average Bonchev–Trinajstić information content (AvgIpc) is 2.73. The van der Waals surface area contributed by atoms with Gasteiger partial charge in [-0.1, -0.05) is 42.1 Å². The smallest absolute Gasteiger partial charge is 0.316 e. The number of ether oxygens (including phenoxy) is 1. The van der Waals surface area contributed by atoms with E-state index in [1.165, 1.54) is 18.9 Å². The maximum Gasteiger partial charge on any atom is 0.316 e. The Morgan fingerprint density at radius 2 is 2.10 bits per heavy atom. The summed E-state index contributed by atoms with van der Waals surface area (Å²) in [5.41, 5.74) is 1.42. The minimum Gasteiger partial charge on any atom is -0.468 e. The summed E-state index contributed by atoms with van der Waals surface area (Å²) in [4.78, 5) is 28.6. The Hall–Kier alpha value is -2.08. The van der Waals surface area contributed by atoms with Crippen molar-refractivity contribution in [3.8, 4) is 0 Å². The van der Waals surface area contributed by atoms with Crippen LogP contribution in [0.1, 0.15) is 5.56 Å². The number of benzene rings is 1. The fraction of sp³-hybridized carbons (Fsp3) is 0.214. The van der Waals surface area contributed by atoms with Crippen molar-refractivity contribution in [1.29, 1.82) is 0 Å². The quantitative estimate of drug-likeness (QED) is 0.627. The standard InChI is InChI=1S/C14H14N2O3S/c1-16-11(8-10-6-4-3-5-7-10)13(18)15-14(16)20-9-12(17)19-2/h3-8H,9H2,1-2H3. The van der Waals surface area contributed by atoms with Crippen LogP contribution in [0.25, 0.3) is 6.08 Å². The monoisotopic (exact) mass is 290 g/mol. The van der Waals surface area contributed by atoms with Gasteiger partial charge in [-0.3, -0.25) is 9.59 Å². The predicted molar refractivity (Wildman–Crippen MR) is 79.1 cm³/mol. The molecule has 0 aromatic heterocycles. The van der Waals surface area contributed by atoms with E-state index in [1.807, 2.05) is 30.3 Å². The summed E-state index contributed by atoms with van der Waals surface area (Å²) in [5, 5.41) is 0.502. The van der Waals surface area contributed by atoms with Crippen LogP contribution in [0, 0.1) is 0 Å². The van der Waals surface area contributed by atoms with Crippen molar-refractivity contribution in [2.75, 3.05) is 19.9 Å². The van der Waals surface area contributed by atoms with Crippen LogP contribution in [0.2, 0.25) is 0 Å². The van der Waals surface area contributed by atoms with Gasteiger partial charge < -0.3 is 9.64 Å². The maximum absolute atomic E-state index is 11.9. The van der Waals surface area contributed by atoms with Crippen LogP contribution in [0.5, 0.6) is 0 Å². The molecule has 0 saturated heterocycles. The summed E-state index contributed by atoms with van der Waals surface area (Å²) >= 11 is 1.18. The van der Waals surface area contributed by atoms with Crippen LogP contribution in [-0.2, 0) is 14.3 Å². The molecule has 0 spiro atoms. The molecule has 0 radical (unpaired) electrons. The van der Waals surface area contributed by atoms with E-state index in [9.17, 15) is 9.59 Å². The third-order valence-electron chi connectivity index (χ3n) is 2.71. The minimum atomic E-state index is -0.348. The van der Waals surface area contributed by atoms with Gasteiger partial charge in [0.1, 0.15) is 5.70 Å². The number of rotatable bonds is 3. The molecule has 6 heteroatoms. The first kappa shape index (κ1) is 14.3. The normalized spacial score (nSPS) is 16.5. The van der Waals surface area contributed by atoms with Gasteiger partial charge in [-0.2, -0.15) is 4.99 Å². The van der Waals surface area contributed by atoms with E-state index < -0.39 is 0 Å². The van der Waals surface area contributed by atoms with E-state index in [0.717, 1.165) is 5.56 Å². The number of methoxy groups -OCH3 is 1. The lowest BCUT2D eigenvalue weighted by Crippen LogP contribution is -2.20. The molecule has 2 rings (SSSR count).